The summed E-state index contributed by atoms with van der Waals surface area (Å²) in [5.41, 5.74) is 0.691. The van der Waals surface area contributed by atoms with Crippen LogP contribution in [0.1, 0.15) is 6.92 Å². The highest BCUT2D eigenvalue weighted by Gasteiger charge is 2.20. The van der Waals surface area contributed by atoms with Crippen molar-refractivity contribution in [2.24, 2.45) is 0 Å². The van der Waals surface area contributed by atoms with E-state index in [1.807, 2.05) is 4.90 Å². The van der Waals surface area contributed by atoms with Gasteiger partial charge in [-0.3, -0.25) is 14.5 Å². The van der Waals surface area contributed by atoms with Crippen LogP contribution < -0.4 is 14.8 Å². The van der Waals surface area contributed by atoms with Gasteiger partial charge in [0.2, 0.25) is 18.6 Å². The molecule has 0 bridgehead atoms. The molecular weight excluding hydrogens is 286 g/mol. The molecule has 0 radical (unpaired) electrons. The van der Waals surface area contributed by atoms with Crippen molar-refractivity contribution >= 4 is 17.5 Å². The zero-order valence-electron chi connectivity index (χ0n) is 12.5. The second-order valence-corrected chi connectivity index (χ2v) is 5.40. The van der Waals surface area contributed by atoms with Crippen molar-refractivity contribution in [2.75, 3.05) is 44.8 Å². The van der Waals surface area contributed by atoms with Gasteiger partial charge in [0.25, 0.3) is 0 Å². The van der Waals surface area contributed by atoms with Gasteiger partial charge in [-0.15, -0.1) is 0 Å². The molecule has 0 aliphatic carbocycles. The molecule has 2 aliphatic heterocycles. The van der Waals surface area contributed by atoms with Gasteiger partial charge in [0.1, 0.15) is 0 Å². The lowest BCUT2D eigenvalue weighted by atomic mass is 10.2. The third-order valence-corrected chi connectivity index (χ3v) is 3.84. The van der Waals surface area contributed by atoms with Gasteiger partial charge >= 0.3 is 0 Å². The number of ether oxygens (including phenoxy) is 2. The predicted octanol–water partition coefficient (Wildman–Crippen LogP) is 0.518. The molecule has 7 heteroatoms. The number of piperazine rings is 1. The third kappa shape index (κ3) is 3.30. The number of rotatable bonds is 3. The fraction of sp³-hybridized carbons (Fsp3) is 0.467. The molecular formula is C15H19N3O4. The van der Waals surface area contributed by atoms with Crippen molar-refractivity contribution in [1.29, 1.82) is 0 Å². The van der Waals surface area contributed by atoms with Gasteiger partial charge in [-0.05, 0) is 12.1 Å². The summed E-state index contributed by atoms with van der Waals surface area (Å²) in [6.07, 6.45) is 0. The first kappa shape index (κ1) is 14.6. The van der Waals surface area contributed by atoms with Crippen LogP contribution in [0, 0.1) is 0 Å². The van der Waals surface area contributed by atoms with Gasteiger partial charge in [0.05, 0.1) is 6.54 Å². The Hall–Kier alpha value is -2.28. The third-order valence-electron chi connectivity index (χ3n) is 3.84. The quantitative estimate of drug-likeness (QED) is 0.881. The Morgan fingerprint density at radius 1 is 1.14 bits per heavy atom. The molecule has 0 atom stereocenters. The van der Waals surface area contributed by atoms with Crippen LogP contribution in [-0.2, 0) is 9.59 Å². The Labute approximate surface area is 128 Å². The molecule has 7 nitrogen and oxygen atoms in total. The van der Waals surface area contributed by atoms with Crippen molar-refractivity contribution in [2.45, 2.75) is 6.92 Å². The Morgan fingerprint density at radius 2 is 1.86 bits per heavy atom. The zero-order chi connectivity index (χ0) is 15.5. The fourth-order valence-electron chi connectivity index (χ4n) is 2.60. The molecule has 0 unspecified atom stereocenters. The predicted molar refractivity (Wildman–Crippen MR) is 79.9 cm³/mol. The highest BCUT2D eigenvalue weighted by Crippen LogP contribution is 2.34. The summed E-state index contributed by atoms with van der Waals surface area (Å²) >= 11 is 0. The minimum atomic E-state index is -0.0739. The van der Waals surface area contributed by atoms with Gasteiger partial charge < -0.3 is 19.7 Å². The number of benzene rings is 1. The second-order valence-electron chi connectivity index (χ2n) is 5.40. The van der Waals surface area contributed by atoms with Crippen LogP contribution in [0.5, 0.6) is 11.5 Å². The second kappa shape index (κ2) is 6.23. The summed E-state index contributed by atoms with van der Waals surface area (Å²) in [5, 5.41) is 2.86. The number of fused-ring (bicyclic) bond motifs is 1. The topological polar surface area (TPSA) is 71.1 Å². The number of anilines is 1. The van der Waals surface area contributed by atoms with Crippen LogP contribution in [0.3, 0.4) is 0 Å². The summed E-state index contributed by atoms with van der Waals surface area (Å²) in [6, 6.07) is 5.33. The molecule has 1 aromatic rings. The average Bonchev–Trinajstić information content (AvgIpc) is 2.95. The fourth-order valence-corrected chi connectivity index (χ4v) is 2.60. The molecule has 1 fully saturated rings. The van der Waals surface area contributed by atoms with Crippen LogP contribution in [0.25, 0.3) is 0 Å². The minimum absolute atomic E-state index is 0.0739. The molecule has 1 N–H and O–H groups in total. The maximum absolute atomic E-state index is 12.1. The van der Waals surface area contributed by atoms with E-state index in [1.54, 1.807) is 30.0 Å². The van der Waals surface area contributed by atoms with E-state index in [0.717, 1.165) is 0 Å². The normalized spacial score (nSPS) is 17.4. The van der Waals surface area contributed by atoms with Gasteiger partial charge in [-0.2, -0.15) is 0 Å². The maximum Gasteiger partial charge on any atom is 0.238 e. The maximum atomic E-state index is 12.1. The van der Waals surface area contributed by atoms with Crippen LogP contribution in [0.2, 0.25) is 0 Å². The number of amides is 2. The lowest BCUT2D eigenvalue weighted by Crippen LogP contribution is -2.49. The Morgan fingerprint density at radius 3 is 2.59 bits per heavy atom. The SMILES string of the molecule is CC(=O)N1CCN(CC(=O)Nc2ccc3c(c2)OCO3)CC1. The number of hydrogen-bond acceptors (Lipinski definition) is 5. The highest BCUT2D eigenvalue weighted by molar-refractivity contribution is 5.92. The number of carbonyl (C=O) groups excluding carboxylic acids is 2. The summed E-state index contributed by atoms with van der Waals surface area (Å²) in [7, 11) is 0. The van der Waals surface area contributed by atoms with E-state index < -0.39 is 0 Å². The first-order chi connectivity index (χ1) is 10.6. The molecule has 1 saturated heterocycles. The first-order valence-electron chi connectivity index (χ1n) is 7.29. The van der Waals surface area contributed by atoms with E-state index >= 15 is 0 Å². The number of hydrogen-bond donors (Lipinski definition) is 1. The Bertz CT molecular complexity index is 582. The van der Waals surface area contributed by atoms with Crippen molar-refractivity contribution in [3.8, 4) is 11.5 Å². The Balaban J connectivity index is 1.50. The largest absolute Gasteiger partial charge is 0.454 e. The summed E-state index contributed by atoms with van der Waals surface area (Å²) in [6.45, 7) is 4.89. The number of carbonyl (C=O) groups is 2. The summed E-state index contributed by atoms with van der Waals surface area (Å²) < 4.78 is 10.5. The molecule has 2 aliphatic rings. The highest BCUT2D eigenvalue weighted by atomic mass is 16.7. The standard InChI is InChI=1S/C15H19N3O4/c1-11(19)18-6-4-17(5-7-18)9-15(20)16-12-2-3-13-14(8-12)22-10-21-13/h2-3,8H,4-7,9-10H2,1H3,(H,16,20). The van der Waals surface area contributed by atoms with E-state index in [-0.39, 0.29) is 18.6 Å². The molecule has 1 aromatic carbocycles. The molecule has 118 valence electrons. The average molecular weight is 305 g/mol. The van der Waals surface area contributed by atoms with Crippen LogP contribution in [-0.4, -0.2) is 61.1 Å². The van der Waals surface area contributed by atoms with E-state index in [4.69, 9.17) is 9.47 Å². The molecule has 2 amide bonds. The van der Waals surface area contributed by atoms with Crippen molar-refractivity contribution in [3.05, 3.63) is 18.2 Å². The monoisotopic (exact) mass is 305 g/mol. The molecule has 0 spiro atoms. The van der Waals surface area contributed by atoms with Crippen molar-refractivity contribution in [3.63, 3.8) is 0 Å². The van der Waals surface area contributed by atoms with E-state index in [9.17, 15) is 9.59 Å². The number of nitrogens with zero attached hydrogens (tertiary/aromatic N) is 2. The van der Waals surface area contributed by atoms with Gasteiger partial charge in [0.15, 0.2) is 11.5 Å². The van der Waals surface area contributed by atoms with E-state index in [1.165, 1.54) is 0 Å². The summed E-state index contributed by atoms with van der Waals surface area (Å²) in [4.78, 5) is 27.2. The van der Waals surface area contributed by atoms with Crippen molar-refractivity contribution < 1.29 is 19.1 Å². The lowest BCUT2D eigenvalue weighted by molar-refractivity contribution is -0.130. The Kier molecular flexibility index (Phi) is 4.15. The molecule has 0 saturated carbocycles. The molecule has 22 heavy (non-hydrogen) atoms. The van der Waals surface area contributed by atoms with E-state index in [2.05, 4.69) is 5.32 Å². The van der Waals surface area contributed by atoms with Gasteiger partial charge in [0, 0.05) is 44.9 Å². The minimum Gasteiger partial charge on any atom is -0.454 e. The first-order valence-corrected chi connectivity index (χ1v) is 7.29. The van der Waals surface area contributed by atoms with Crippen LogP contribution >= 0.6 is 0 Å². The van der Waals surface area contributed by atoms with E-state index in [0.29, 0.717) is 49.9 Å². The van der Waals surface area contributed by atoms with Crippen molar-refractivity contribution in [1.82, 2.24) is 9.80 Å². The zero-order valence-corrected chi connectivity index (χ0v) is 12.5. The molecule has 2 heterocycles. The smallest absolute Gasteiger partial charge is 0.238 e. The summed E-state index contributed by atoms with van der Waals surface area (Å²) in [5.74, 6) is 1.35. The van der Waals surface area contributed by atoms with Crippen LogP contribution in [0.15, 0.2) is 18.2 Å². The number of nitrogens with one attached hydrogen (secondary N) is 1. The van der Waals surface area contributed by atoms with Gasteiger partial charge in [-0.25, -0.2) is 0 Å². The van der Waals surface area contributed by atoms with Crippen LogP contribution in [0.4, 0.5) is 5.69 Å². The van der Waals surface area contributed by atoms with Gasteiger partial charge in [-0.1, -0.05) is 0 Å². The lowest BCUT2D eigenvalue weighted by Gasteiger charge is -2.33. The molecule has 0 aromatic heterocycles. The molecule has 3 rings (SSSR count).